The summed E-state index contributed by atoms with van der Waals surface area (Å²) in [4.78, 5) is 27.6. The van der Waals surface area contributed by atoms with E-state index >= 15 is 0 Å². The third kappa shape index (κ3) is 3.69. The van der Waals surface area contributed by atoms with E-state index < -0.39 is 0 Å². The number of carbonyl (C=O) groups is 2. The van der Waals surface area contributed by atoms with Crippen molar-refractivity contribution in [3.63, 3.8) is 0 Å². The summed E-state index contributed by atoms with van der Waals surface area (Å²) in [7, 11) is 1.34. The molecule has 19 heavy (non-hydrogen) atoms. The molecule has 3 atom stereocenters. The van der Waals surface area contributed by atoms with E-state index in [9.17, 15) is 9.59 Å². The van der Waals surface area contributed by atoms with Gasteiger partial charge >= 0.3 is 5.97 Å². The molecule has 3 unspecified atom stereocenters. The molecule has 5 nitrogen and oxygen atoms in total. The van der Waals surface area contributed by atoms with Gasteiger partial charge in [-0.2, -0.15) is 0 Å². The van der Waals surface area contributed by atoms with Gasteiger partial charge in [0.1, 0.15) is 6.54 Å². The normalized spacial score (nSPS) is 25.1. The molecule has 1 aliphatic rings. The number of hydrogen-bond acceptors (Lipinski definition) is 4. The van der Waals surface area contributed by atoms with Crippen LogP contribution in [0.3, 0.4) is 0 Å². The highest BCUT2D eigenvalue weighted by molar-refractivity contribution is 5.85. The third-order valence-electron chi connectivity index (χ3n) is 4.07. The molecule has 0 aromatic heterocycles. The smallest absolute Gasteiger partial charge is 0.325 e. The van der Waals surface area contributed by atoms with E-state index in [4.69, 9.17) is 0 Å². The molecule has 5 heteroatoms. The molecule has 0 aliphatic carbocycles. The molecule has 1 fully saturated rings. The molecule has 0 aromatic carbocycles. The molecule has 1 rings (SSSR count). The van der Waals surface area contributed by atoms with E-state index in [0.717, 1.165) is 12.8 Å². The molecular weight excluding hydrogens is 244 g/mol. The lowest BCUT2D eigenvalue weighted by Gasteiger charge is -2.34. The Bertz CT molecular complexity index is 323. The van der Waals surface area contributed by atoms with Crippen molar-refractivity contribution in [3.05, 3.63) is 0 Å². The fourth-order valence-electron chi connectivity index (χ4n) is 2.94. The first-order chi connectivity index (χ1) is 8.92. The average molecular weight is 270 g/mol. The van der Waals surface area contributed by atoms with Crippen LogP contribution in [-0.2, 0) is 14.3 Å². The van der Waals surface area contributed by atoms with E-state index in [1.807, 2.05) is 13.8 Å². The van der Waals surface area contributed by atoms with Crippen molar-refractivity contribution >= 4 is 11.9 Å². The molecule has 0 bridgehead atoms. The van der Waals surface area contributed by atoms with Crippen LogP contribution in [0.25, 0.3) is 0 Å². The Morgan fingerprint density at radius 1 is 1.32 bits per heavy atom. The Balaban J connectivity index is 2.71. The van der Waals surface area contributed by atoms with Crippen LogP contribution in [0.2, 0.25) is 0 Å². The fraction of sp³-hybridized carbons (Fsp3) is 0.857. The number of esters is 1. The van der Waals surface area contributed by atoms with Crippen molar-refractivity contribution < 1.29 is 14.3 Å². The summed E-state index contributed by atoms with van der Waals surface area (Å²) in [5, 5.41) is 0. The van der Waals surface area contributed by atoms with Gasteiger partial charge in [0.05, 0.1) is 13.2 Å². The van der Waals surface area contributed by atoms with Gasteiger partial charge in [-0.05, 0) is 40.5 Å². The lowest BCUT2D eigenvalue weighted by atomic mass is 10.2. The minimum absolute atomic E-state index is 0.00787. The Hall–Kier alpha value is -1.10. The van der Waals surface area contributed by atoms with Crippen molar-refractivity contribution in [1.29, 1.82) is 0 Å². The number of likely N-dealkylation sites (N-methyl/N-ethyl adjacent to an activating group) is 1. The molecule has 0 N–H and O–H groups in total. The monoisotopic (exact) mass is 270 g/mol. The Labute approximate surface area is 115 Å². The van der Waals surface area contributed by atoms with Crippen molar-refractivity contribution in [2.75, 3.05) is 20.2 Å². The van der Waals surface area contributed by atoms with E-state index in [0.29, 0.717) is 18.6 Å². The van der Waals surface area contributed by atoms with Gasteiger partial charge in [0.15, 0.2) is 0 Å². The summed E-state index contributed by atoms with van der Waals surface area (Å²) in [6.45, 7) is 8.68. The van der Waals surface area contributed by atoms with Crippen molar-refractivity contribution in [2.24, 2.45) is 0 Å². The third-order valence-corrected chi connectivity index (χ3v) is 4.07. The molecule has 0 radical (unpaired) electrons. The topological polar surface area (TPSA) is 49.9 Å². The maximum absolute atomic E-state index is 12.5. The SMILES string of the molecule is CCN(CC(=O)OC)C(=O)C(C)N1C(C)CCC1C. The number of likely N-dealkylation sites (tertiary alicyclic amines) is 1. The van der Waals surface area contributed by atoms with Crippen molar-refractivity contribution in [3.8, 4) is 0 Å². The van der Waals surface area contributed by atoms with Gasteiger partial charge in [-0.25, -0.2) is 0 Å². The van der Waals surface area contributed by atoms with Gasteiger partial charge in [0.25, 0.3) is 0 Å². The highest BCUT2D eigenvalue weighted by Gasteiger charge is 2.36. The number of ether oxygens (including phenoxy) is 1. The van der Waals surface area contributed by atoms with E-state index in [1.165, 1.54) is 7.11 Å². The highest BCUT2D eigenvalue weighted by atomic mass is 16.5. The summed E-state index contributed by atoms with van der Waals surface area (Å²) in [6, 6.07) is 0.661. The lowest BCUT2D eigenvalue weighted by molar-refractivity contribution is -0.149. The largest absolute Gasteiger partial charge is 0.468 e. The second kappa shape index (κ2) is 6.89. The van der Waals surface area contributed by atoms with Crippen molar-refractivity contribution in [1.82, 2.24) is 9.80 Å². The van der Waals surface area contributed by atoms with Crippen LogP contribution in [0.1, 0.15) is 40.5 Å². The molecule has 1 heterocycles. The lowest BCUT2D eigenvalue weighted by Crippen LogP contribution is -2.51. The maximum Gasteiger partial charge on any atom is 0.325 e. The van der Waals surface area contributed by atoms with Crippen LogP contribution in [0.4, 0.5) is 0 Å². The summed E-state index contributed by atoms with van der Waals surface area (Å²) in [5.41, 5.74) is 0. The van der Waals surface area contributed by atoms with Gasteiger partial charge < -0.3 is 9.64 Å². The number of methoxy groups -OCH3 is 1. The van der Waals surface area contributed by atoms with E-state index in [1.54, 1.807) is 4.90 Å². The molecule has 0 saturated carbocycles. The molecule has 1 aliphatic heterocycles. The molecule has 1 amide bonds. The first-order valence-electron chi connectivity index (χ1n) is 7.05. The molecule has 110 valence electrons. The number of nitrogens with zero attached hydrogens (tertiary/aromatic N) is 2. The van der Waals surface area contributed by atoms with Crippen LogP contribution in [0.15, 0.2) is 0 Å². The number of hydrogen-bond donors (Lipinski definition) is 0. The van der Waals surface area contributed by atoms with Gasteiger partial charge in [-0.3, -0.25) is 14.5 Å². The zero-order valence-corrected chi connectivity index (χ0v) is 12.7. The first kappa shape index (κ1) is 16.0. The fourth-order valence-corrected chi connectivity index (χ4v) is 2.94. The highest BCUT2D eigenvalue weighted by Crippen LogP contribution is 2.26. The summed E-state index contributed by atoms with van der Waals surface area (Å²) < 4.78 is 4.63. The van der Waals surface area contributed by atoms with Gasteiger partial charge in [0.2, 0.25) is 5.91 Å². The van der Waals surface area contributed by atoms with Crippen molar-refractivity contribution in [2.45, 2.75) is 58.7 Å². The number of carbonyl (C=O) groups excluding carboxylic acids is 2. The Kier molecular flexibility index (Phi) is 5.79. The van der Waals surface area contributed by atoms with Crippen LogP contribution in [0.5, 0.6) is 0 Å². The van der Waals surface area contributed by atoms with Gasteiger partial charge in [0, 0.05) is 18.6 Å². The maximum atomic E-state index is 12.5. The summed E-state index contributed by atoms with van der Waals surface area (Å²) >= 11 is 0. The molecule has 0 aromatic rings. The minimum Gasteiger partial charge on any atom is -0.468 e. The van der Waals surface area contributed by atoms with Crippen LogP contribution < -0.4 is 0 Å². The molecular formula is C14H26N2O3. The standard InChI is InChI=1S/C14H26N2O3/c1-6-15(9-13(17)19-5)14(18)12(4)16-10(2)7-8-11(16)3/h10-12H,6-9H2,1-5H3. The first-order valence-corrected chi connectivity index (χ1v) is 7.05. The quantitative estimate of drug-likeness (QED) is 0.706. The zero-order chi connectivity index (χ0) is 14.6. The molecule has 0 spiro atoms. The second-order valence-electron chi connectivity index (χ2n) is 5.33. The van der Waals surface area contributed by atoms with Gasteiger partial charge in [-0.15, -0.1) is 0 Å². The van der Waals surface area contributed by atoms with Gasteiger partial charge in [-0.1, -0.05) is 0 Å². The minimum atomic E-state index is -0.370. The Morgan fingerprint density at radius 2 is 1.84 bits per heavy atom. The van der Waals surface area contributed by atoms with Crippen LogP contribution in [-0.4, -0.2) is 60.0 Å². The summed E-state index contributed by atoms with van der Waals surface area (Å²) in [6.07, 6.45) is 2.25. The number of amides is 1. The zero-order valence-electron chi connectivity index (χ0n) is 12.7. The van der Waals surface area contributed by atoms with E-state index in [2.05, 4.69) is 23.5 Å². The predicted octanol–water partition coefficient (Wildman–Crippen LogP) is 1.27. The molecule has 1 saturated heterocycles. The number of rotatable bonds is 5. The predicted molar refractivity (Wildman–Crippen MR) is 73.7 cm³/mol. The van der Waals surface area contributed by atoms with E-state index in [-0.39, 0.29) is 24.5 Å². The average Bonchev–Trinajstić information content (AvgIpc) is 2.73. The van der Waals surface area contributed by atoms with Crippen LogP contribution in [0, 0.1) is 0 Å². The Morgan fingerprint density at radius 3 is 2.26 bits per heavy atom. The van der Waals surface area contributed by atoms with Crippen LogP contribution >= 0.6 is 0 Å². The second-order valence-corrected chi connectivity index (χ2v) is 5.33. The summed E-state index contributed by atoms with van der Waals surface area (Å²) in [5.74, 6) is -0.363.